The summed E-state index contributed by atoms with van der Waals surface area (Å²) in [6, 6.07) is 8.20. The average molecular weight is 453 g/mol. The van der Waals surface area contributed by atoms with Crippen LogP contribution in [0.4, 0.5) is 0 Å². The Morgan fingerprint density at radius 1 is 1.21 bits per heavy atom. The minimum atomic E-state index is -0.229. The van der Waals surface area contributed by atoms with Gasteiger partial charge in [0.2, 0.25) is 0 Å². The van der Waals surface area contributed by atoms with E-state index in [-0.39, 0.29) is 23.1 Å². The van der Waals surface area contributed by atoms with Crippen LogP contribution in [0.1, 0.15) is 77.7 Å². The van der Waals surface area contributed by atoms with E-state index in [9.17, 15) is 4.79 Å². The fourth-order valence-corrected chi connectivity index (χ4v) is 5.04. The highest BCUT2D eigenvalue weighted by Gasteiger charge is 2.37. The molecule has 178 valence electrons. The fraction of sp³-hybridized carbons (Fsp3) is 0.600. The van der Waals surface area contributed by atoms with Crippen molar-refractivity contribution in [2.75, 3.05) is 7.11 Å². The highest BCUT2D eigenvalue weighted by atomic mass is 16.5. The van der Waals surface area contributed by atoms with Gasteiger partial charge in [-0.05, 0) is 73.5 Å². The first kappa shape index (κ1) is 23.4. The average Bonchev–Trinajstić information content (AvgIpc) is 3.45. The number of ether oxygens (including phenoxy) is 1. The third-order valence-corrected chi connectivity index (χ3v) is 6.66. The molecule has 0 bridgehead atoms. The summed E-state index contributed by atoms with van der Waals surface area (Å²) >= 11 is 0. The largest absolute Gasteiger partial charge is 0.497 e. The van der Waals surface area contributed by atoms with Crippen LogP contribution in [-0.2, 0) is 12.1 Å². The molecule has 1 saturated carbocycles. The van der Waals surface area contributed by atoms with E-state index >= 15 is 0 Å². The highest BCUT2D eigenvalue weighted by Crippen LogP contribution is 2.37. The lowest BCUT2D eigenvalue weighted by Gasteiger charge is -2.39. The molecule has 8 heteroatoms. The molecule has 0 radical (unpaired) electrons. The van der Waals surface area contributed by atoms with Crippen LogP contribution < -0.4 is 10.3 Å². The summed E-state index contributed by atoms with van der Waals surface area (Å²) in [6.45, 7) is 11.3. The molecular formula is C25H36N6O2. The summed E-state index contributed by atoms with van der Waals surface area (Å²) in [5.74, 6) is 1.88. The van der Waals surface area contributed by atoms with Crippen molar-refractivity contribution in [3.8, 4) is 5.75 Å². The summed E-state index contributed by atoms with van der Waals surface area (Å²) in [6.07, 6.45) is 4.68. The number of hydrogen-bond acceptors (Lipinski definition) is 6. The van der Waals surface area contributed by atoms with Crippen LogP contribution in [0, 0.1) is 5.92 Å². The maximum Gasteiger partial charge on any atom is 0.252 e. The maximum absolute atomic E-state index is 13.1. The number of pyridine rings is 1. The smallest absolute Gasteiger partial charge is 0.252 e. The van der Waals surface area contributed by atoms with Gasteiger partial charge in [0.15, 0.2) is 5.82 Å². The Morgan fingerprint density at radius 3 is 2.58 bits per heavy atom. The zero-order valence-electron chi connectivity index (χ0n) is 20.6. The number of aromatic amines is 1. The van der Waals surface area contributed by atoms with Gasteiger partial charge in [0.25, 0.3) is 5.56 Å². The monoisotopic (exact) mass is 452 g/mol. The molecular weight excluding hydrogens is 416 g/mol. The van der Waals surface area contributed by atoms with E-state index in [0.717, 1.165) is 40.9 Å². The predicted molar refractivity (Wildman–Crippen MR) is 129 cm³/mol. The number of benzene rings is 1. The maximum atomic E-state index is 13.1. The lowest BCUT2D eigenvalue weighted by atomic mass is 9.96. The zero-order valence-corrected chi connectivity index (χ0v) is 20.6. The van der Waals surface area contributed by atoms with E-state index in [1.165, 1.54) is 12.8 Å². The predicted octanol–water partition coefficient (Wildman–Crippen LogP) is 4.42. The topological polar surface area (TPSA) is 88.9 Å². The van der Waals surface area contributed by atoms with Crippen LogP contribution in [0.15, 0.2) is 29.1 Å². The molecule has 1 aliphatic carbocycles. The molecule has 1 aromatic carbocycles. The number of hydrogen-bond donors (Lipinski definition) is 1. The Kier molecular flexibility index (Phi) is 6.56. The summed E-state index contributed by atoms with van der Waals surface area (Å²) in [7, 11) is 1.63. The number of nitrogens with zero attached hydrogens (tertiary/aromatic N) is 5. The Labute approximate surface area is 195 Å². The molecule has 0 unspecified atom stereocenters. The lowest BCUT2D eigenvalue weighted by Crippen LogP contribution is -2.42. The van der Waals surface area contributed by atoms with Crippen molar-refractivity contribution < 1.29 is 4.74 Å². The van der Waals surface area contributed by atoms with Gasteiger partial charge in [0.05, 0.1) is 24.2 Å². The van der Waals surface area contributed by atoms with E-state index in [0.29, 0.717) is 12.6 Å². The van der Waals surface area contributed by atoms with Crippen molar-refractivity contribution in [3.63, 3.8) is 0 Å². The molecule has 0 saturated heterocycles. The van der Waals surface area contributed by atoms with Gasteiger partial charge in [-0.15, -0.1) is 5.10 Å². The quantitative estimate of drug-likeness (QED) is 0.571. The van der Waals surface area contributed by atoms with Crippen molar-refractivity contribution >= 4 is 10.9 Å². The second kappa shape index (κ2) is 9.25. The minimum Gasteiger partial charge on any atom is -0.497 e. The number of aromatic nitrogens is 5. The van der Waals surface area contributed by atoms with Crippen LogP contribution in [-0.4, -0.2) is 43.2 Å². The minimum absolute atomic E-state index is 0.00768. The SMILES string of the molecule is COc1ccc2cc(CN(C3CCCC3)[C@H](c3nnnn3C(C)(C)C)C(C)C)c(=O)[nH]c2c1. The first-order chi connectivity index (χ1) is 15.7. The van der Waals surface area contributed by atoms with Gasteiger partial charge in [0, 0.05) is 24.2 Å². The molecule has 2 aromatic heterocycles. The van der Waals surface area contributed by atoms with E-state index in [1.54, 1.807) is 7.11 Å². The fourth-order valence-electron chi connectivity index (χ4n) is 5.04. The third-order valence-electron chi connectivity index (χ3n) is 6.66. The molecule has 1 atom stereocenters. The van der Waals surface area contributed by atoms with E-state index in [2.05, 4.69) is 60.0 Å². The first-order valence-corrected chi connectivity index (χ1v) is 11.9. The number of fused-ring (bicyclic) bond motifs is 1. The molecule has 0 aliphatic heterocycles. The van der Waals surface area contributed by atoms with Gasteiger partial charge in [-0.1, -0.05) is 26.7 Å². The number of nitrogens with one attached hydrogen (secondary N) is 1. The van der Waals surface area contributed by atoms with Gasteiger partial charge in [-0.2, -0.15) is 0 Å². The Hall–Kier alpha value is -2.74. The molecule has 4 rings (SSSR count). The number of methoxy groups -OCH3 is 1. The Bertz CT molecular complexity index is 1150. The number of tetrazole rings is 1. The summed E-state index contributed by atoms with van der Waals surface area (Å²) < 4.78 is 7.25. The number of H-pyrrole nitrogens is 1. The van der Waals surface area contributed by atoms with Crippen molar-refractivity contribution in [1.29, 1.82) is 0 Å². The first-order valence-electron chi connectivity index (χ1n) is 11.9. The molecule has 33 heavy (non-hydrogen) atoms. The van der Waals surface area contributed by atoms with Crippen LogP contribution in [0.25, 0.3) is 10.9 Å². The zero-order chi connectivity index (χ0) is 23.8. The lowest BCUT2D eigenvalue weighted by molar-refractivity contribution is 0.0802. The second-order valence-corrected chi connectivity index (χ2v) is 10.5. The summed E-state index contributed by atoms with van der Waals surface area (Å²) in [4.78, 5) is 18.7. The Morgan fingerprint density at radius 2 is 1.94 bits per heavy atom. The van der Waals surface area contributed by atoms with Crippen molar-refractivity contribution in [2.24, 2.45) is 5.92 Å². The molecule has 3 aromatic rings. The van der Waals surface area contributed by atoms with Crippen molar-refractivity contribution in [1.82, 2.24) is 30.1 Å². The van der Waals surface area contributed by atoms with Crippen molar-refractivity contribution in [3.05, 3.63) is 46.0 Å². The Balaban J connectivity index is 1.77. The molecule has 1 N–H and O–H groups in total. The van der Waals surface area contributed by atoms with Crippen LogP contribution in [0.2, 0.25) is 0 Å². The van der Waals surface area contributed by atoms with Gasteiger partial charge in [-0.3, -0.25) is 9.69 Å². The molecule has 1 fully saturated rings. The molecule has 0 spiro atoms. The van der Waals surface area contributed by atoms with E-state index < -0.39 is 0 Å². The third kappa shape index (κ3) is 4.81. The van der Waals surface area contributed by atoms with Crippen LogP contribution in [0.3, 0.4) is 0 Å². The second-order valence-electron chi connectivity index (χ2n) is 10.5. The summed E-state index contributed by atoms with van der Waals surface area (Å²) in [5.41, 5.74) is 1.26. The van der Waals surface area contributed by atoms with E-state index in [1.807, 2.05) is 28.9 Å². The van der Waals surface area contributed by atoms with Crippen molar-refractivity contribution in [2.45, 2.75) is 84.5 Å². The summed E-state index contributed by atoms with van der Waals surface area (Å²) in [5, 5.41) is 13.9. The molecule has 1 aliphatic rings. The van der Waals surface area contributed by atoms with Crippen LogP contribution >= 0.6 is 0 Å². The highest BCUT2D eigenvalue weighted by molar-refractivity contribution is 5.80. The van der Waals surface area contributed by atoms with Gasteiger partial charge < -0.3 is 9.72 Å². The van der Waals surface area contributed by atoms with Crippen LogP contribution in [0.5, 0.6) is 5.75 Å². The van der Waals surface area contributed by atoms with Gasteiger partial charge in [0.1, 0.15) is 5.75 Å². The van der Waals surface area contributed by atoms with Gasteiger partial charge >= 0.3 is 0 Å². The molecule has 2 heterocycles. The standard InChI is InChI=1S/C25H36N6O2/c1-16(2)22(23-27-28-29-31(23)25(3,4)5)30(19-9-7-8-10-19)15-18-13-17-11-12-20(33-6)14-21(17)26-24(18)32/h11-14,16,19,22H,7-10,15H2,1-6H3,(H,26,32)/t22-/m0/s1. The van der Waals surface area contributed by atoms with Gasteiger partial charge in [-0.25, -0.2) is 4.68 Å². The molecule has 8 nitrogen and oxygen atoms in total. The number of rotatable bonds is 7. The van der Waals surface area contributed by atoms with E-state index in [4.69, 9.17) is 4.74 Å². The normalized spacial score (nSPS) is 16.2. The molecule has 0 amide bonds.